The zero-order valence-corrected chi connectivity index (χ0v) is 16.0. The Balaban J connectivity index is 1.48. The van der Waals surface area contributed by atoms with Gasteiger partial charge in [0.2, 0.25) is 11.7 Å². The van der Waals surface area contributed by atoms with Crippen LogP contribution in [0.2, 0.25) is 5.02 Å². The summed E-state index contributed by atoms with van der Waals surface area (Å²) in [5.41, 5.74) is 2.08. The van der Waals surface area contributed by atoms with E-state index < -0.39 is 0 Å². The molecule has 27 heavy (non-hydrogen) atoms. The Kier molecular flexibility index (Phi) is 5.41. The van der Waals surface area contributed by atoms with Crippen molar-refractivity contribution in [3.8, 4) is 17.1 Å². The molecule has 0 bridgehead atoms. The highest BCUT2D eigenvalue weighted by atomic mass is 35.5. The molecule has 6 heteroatoms. The lowest BCUT2D eigenvalue weighted by Crippen LogP contribution is -2.22. The fourth-order valence-corrected chi connectivity index (χ4v) is 3.81. The van der Waals surface area contributed by atoms with Crippen molar-refractivity contribution in [2.75, 3.05) is 13.2 Å². The summed E-state index contributed by atoms with van der Waals surface area (Å²) in [4.78, 5) is 6.94. The first kappa shape index (κ1) is 18.0. The van der Waals surface area contributed by atoms with Crippen LogP contribution in [-0.4, -0.2) is 28.2 Å². The summed E-state index contributed by atoms with van der Waals surface area (Å²) in [5, 5.41) is 4.73. The van der Waals surface area contributed by atoms with Gasteiger partial charge in [-0.2, -0.15) is 4.98 Å². The van der Waals surface area contributed by atoms with E-state index in [1.807, 2.05) is 43.3 Å². The van der Waals surface area contributed by atoms with Gasteiger partial charge in [-0.05, 0) is 56.1 Å². The highest BCUT2D eigenvalue weighted by Gasteiger charge is 2.27. The molecule has 0 saturated carbocycles. The minimum Gasteiger partial charge on any atom is -0.494 e. The van der Waals surface area contributed by atoms with Crippen molar-refractivity contribution in [2.24, 2.45) is 0 Å². The fraction of sp³-hybridized carbons (Fsp3) is 0.333. The molecule has 0 spiro atoms. The van der Waals surface area contributed by atoms with E-state index in [-0.39, 0.29) is 0 Å². The van der Waals surface area contributed by atoms with Crippen molar-refractivity contribution in [1.29, 1.82) is 0 Å². The van der Waals surface area contributed by atoms with Gasteiger partial charge >= 0.3 is 0 Å². The van der Waals surface area contributed by atoms with Gasteiger partial charge in [-0.15, -0.1) is 0 Å². The van der Waals surface area contributed by atoms with Crippen molar-refractivity contribution in [2.45, 2.75) is 32.4 Å². The summed E-state index contributed by atoms with van der Waals surface area (Å²) in [6.45, 7) is 4.32. The molecule has 3 aromatic rings. The molecule has 1 fully saturated rings. The number of rotatable bonds is 6. The number of nitrogens with zero attached hydrogens (tertiary/aromatic N) is 3. The number of aromatic nitrogens is 2. The van der Waals surface area contributed by atoms with E-state index >= 15 is 0 Å². The number of halogens is 1. The van der Waals surface area contributed by atoms with Gasteiger partial charge in [0.1, 0.15) is 5.75 Å². The summed E-state index contributed by atoms with van der Waals surface area (Å²) in [6.07, 6.45) is 2.28. The first-order valence-corrected chi connectivity index (χ1v) is 9.66. The van der Waals surface area contributed by atoms with Crippen molar-refractivity contribution >= 4 is 11.6 Å². The molecule has 0 unspecified atom stereocenters. The normalized spacial score (nSPS) is 17.3. The lowest BCUT2D eigenvalue weighted by Gasteiger charge is -2.23. The molecule has 1 atom stereocenters. The second-order valence-corrected chi connectivity index (χ2v) is 7.03. The van der Waals surface area contributed by atoms with Crippen molar-refractivity contribution in [3.05, 3.63) is 65.0 Å². The highest BCUT2D eigenvalue weighted by molar-refractivity contribution is 6.33. The van der Waals surface area contributed by atoms with Crippen LogP contribution in [0.15, 0.2) is 53.1 Å². The van der Waals surface area contributed by atoms with Gasteiger partial charge in [-0.25, -0.2) is 0 Å². The van der Waals surface area contributed by atoms with Gasteiger partial charge in [0.15, 0.2) is 0 Å². The van der Waals surface area contributed by atoms with Crippen molar-refractivity contribution in [1.82, 2.24) is 15.0 Å². The third-order valence-electron chi connectivity index (χ3n) is 4.86. The van der Waals surface area contributed by atoms with Gasteiger partial charge in [0.05, 0.1) is 18.2 Å². The average molecular weight is 384 g/mol. The Hall–Kier alpha value is -2.37. The van der Waals surface area contributed by atoms with Gasteiger partial charge in [-0.3, -0.25) is 4.90 Å². The number of ether oxygens (including phenoxy) is 1. The number of likely N-dealkylation sites (tertiary alicyclic amines) is 1. The van der Waals surface area contributed by atoms with Crippen LogP contribution in [0.3, 0.4) is 0 Å². The largest absolute Gasteiger partial charge is 0.494 e. The average Bonchev–Trinajstić information content (AvgIpc) is 3.33. The lowest BCUT2D eigenvalue weighted by molar-refractivity contribution is 0.212. The van der Waals surface area contributed by atoms with E-state index in [4.69, 9.17) is 20.9 Å². The quantitative estimate of drug-likeness (QED) is 0.590. The van der Waals surface area contributed by atoms with Crippen LogP contribution >= 0.6 is 11.6 Å². The summed E-state index contributed by atoms with van der Waals surface area (Å²) < 4.78 is 11.0. The maximum absolute atomic E-state index is 6.23. The maximum atomic E-state index is 6.23. The summed E-state index contributed by atoms with van der Waals surface area (Å²) in [6, 6.07) is 16.3. The number of hydrogen-bond donors (Lipinski definition) is 0. The number of benzene rings is 2. The first-order valence-electron chi connectivity index (χ1n) is 9.29. The molecule has 140 valence electrons. The van der Waals surface area contributed by atoms with Crippen LogP contribution in [0.4, 0.5) is 0 Å². The molecule has 0 N–H and O–H groups in total. The Morgan fingerprint density at radius 1 is 1.19 bits per heavy atom. The first-order chi connectivity index (χ1) is 13.2. The molecule has 0 amide bonds. The molecule has 5 nitrogen and oxygen atoms in total. The molecular formula is C21H22ClN3O2. The molecule has 2 aromatic carbocycles. The SMILES string of the molecule is CCOc1ccc([C@H]2CCCN2Cc2nc(-c3ccccc3Cl)no2)cc1. The summed E-state index contributed by atoms with van der Waals surface area (Å²) in [7, 11) is 0. The maximum Gasteiger partial charge on any atom is 0.241 e. The molecular weight excluding hydrogens is 362 g/mol. The molecule has 1 saturated heterocycles. The molecule has 0 aliphatic carbocycles. The summed E-state index contributed by atoms with van der Waals surface area (Å²) in [5.74, 6) is 2.06. The minimum absolute atomic E-state index is 0.358. The zero-order valence-electron chi connectivity index (χ0n) is 15.3. The molecule has 2 heterocycles. The smallest absolute Gasteiger partial charge is 0.241 e. The van der Waals surface area contributed by atoms with E-state index in [1.165, 1.54) is 5.56 Å². The third kappa shape index (κ3) is 3.99. The molecule has 4 rings (SSSR count). The van der Waals surface area contributed by atoms with Crippen LogP contribution in [-0.2, 0) is 6.54 Å². The van der Waals surface area contributed by atoms with E-state index in [0.717, 1.165) is 30.7 Å². The molecule has 1 aliphatic heterocycles. The Labute approximate surface area is 163 Å². The van der Waals surface area contributed by atoms with Crippen LogP contribution < -0.4 is 4.74 Å². The van der Waals surface area contributed by atoms with Gasteiger partial charge in [0, 0.05) is 11.6 Å². The van der Waals surface area contributed by atoms with Crippen molar-refractivity contribution in [3.63, 3.8) is 0 Å². The van der Waals surface area contributed by atoms with E-state index in [9.17, 15) is 0 Å². The van der Waals surface area contributed by atoms with E-state index in [1.54, 1.807) is 0 Å². The predicted octanol–water partition coefficient (Wildman–Crippen LogP) is 5.13. The van der Waals surface area contributed by atoms with Gasteiger partial charge < -0.3 is 9.26 Å². The topological polar surface area (TPSA) is 51.4 Å². The van der Waals surface area contributed by atoms with Crippen molar-refractivity contribution < 1.29 is 9.26 Å². The van der Waals surface area contributed by atoms with Crippen LogP contribution in [0.25, 0.3) is 11.4 Å². The predicted molar refractivity (Wildman–Crippen MR) is 105 cm³/mol. The Bertz CT molecular complexity index is 894. The Morgan fingerprint density at radius 2 is 2.00 bits per heavy atom. The fourth-order valence-electron chi connectivity index (χ4n) is 3.59. The minimum atomic E-state index is 0.358. The van der Waals surface area contributed by atoms with Crippen LogP contribution in [0.1, 0.15) is 37.3 Å². The molecule has 0 radical (unpaired) electrons. The zero-order chi connectivity index (χ0) is 18.6. The van der Waals surface area contributed by atoms with Crippen LogP contribution in [0, 0.1) is 0 Å². The second kappa shape index (κ2) is 8.11. The Morgan fingerprint density at radius 3 is 2.78 bits per heavy atom. The summed E-state index contributed by atoms with van der Waals surface area (Å²) >= 11 is 6.23. The van der Waals surface area contributed by atoms with Crippen LogP contribution in [0.5, 0.6) is 5.75 Å². The second-order valence-electron chi connectivity index (χ2n) is 6.62. The third-order valence-corrected chi connectivity index (χ3v) is 5.19. The molecule has 1 aliphatic rings. The van der Waals surface area contributed by atoms with E-state index in [2.05, 4.69) is 27.2 Å². The number of hydrogen-bond acceptors (Lipinski definition) is 5. The van der Waals surface area contributed by atoms with E-state index in [0.29, 0.717) is 35.9 Å². The van der Waals surface area contributed by atoms with Gasteiger partial charge in [0.25, 0.3) is 0 Å². The monoisotopic (exact) mass is 383 g/mol. The standard InChI is InChI=1S/C21H22ClN3O2/c1-2-26-16-11-9-15(10-12-16)19-8-5-13-25(19)14-20-23-21(24-27-20)17-6-3-4-7-18(17)22/h3-4,6-7,9-12,19H,2,5,8,13-14H2,1H3/t19-/m1/s1. The molecule has 1 aromatic heterocycles. The lowest BCUT2D eigenvalue weighted by atomic mass is 10.0. The van der Waals surface area contributed by atoms with Gasteiger partial charge in [-0.1, -0.05) is 41.0 Å². The highest BCUT2D eigenvalue weighted by Crippen LogP contribution is 2.34.